The molecule has 1 fully saturated rings. The van der Waals surface area contributed by atoms with E-state index in [4.69, 9.17) is 0 Å². The van der Waals surface area contributed by atoms with Gasteiger partial charge in [0.05, 0.1) is 0 Å². The third kappa shape index (κ3) is 2.96. The standard InChI is InChI=1S/C13H20N2/c1-12-5-3-2-4-6-13(11-12)15-9-7-14-8-10-15/h3,5-6,11,14H,2,4,7-10H2,1H3/b5-3-,12-11-,13-6+. The Morgan fingerprint density at radius 1 is 1.20 bits per heavy atom. The fourth-order valence-corrected chi connectivity index (χ4v) is 2.08. The molecule has 1 aliphatic carbocycles. The van der Waals surface area contributed by atoms with Crippen molar-refractivity contribution in [3.8, 4) is 0 Å². The largest absolute Gasteiger partial charge is 0.369 e. The lowest BCUT2D eigenvalue weighted by atomic mass is 10.1. The number of rotatable bonds is 1. The number of hydrogen-bond acceptors (Lipinski definition) is 2. The molecule has 0 aromatic rings. The van der Waals surface area contributed by atoms with Crippen LogP contribution in [0.4, 0.5) is 0 Å². The molecule has 0 radical (unpaired) electrons. The van der Waals surface area contributed by atoms with Crippen LogP contribution in [0.15, 0.2) is 35.6 Å². The first-order valence-electron chi connectivity index (χ1n) is 5.87. The zero-order valence-corrected chi connectivity index (χ0v) is 9.50. The molecule has 1 saturated heterocycles. The topological polar surface area (TPSA) is 15.3 Å². The smallest absolute Gasteiger partial charge is 0.0329 e. The molecule has 0 spiro atoms. The van der Waals surface area contributed by atoms with Crippen molar-refractivity contribution in [2.24, 2.45) is 0 Å². The highest BCUT2D eigenvalue weighted by Crippen LogP contribution is 2.15. The fraction of sp³-hybridized carbons (Fsp3) is 0.538. The van der Waals surface area contributed by atoms with E-state index in [1.165, 1.54) is 24.1 Å². The minimum Gasteiger partial charge on any atom is -0.369 e. The fourth-order valence-electron chi connectivity index (χ4n) is 2.08. The average molecular weight is 204 g/mol. The Hall–Kier alpha value is -1.02. The molecule has 1 aliphatic heterocycles. The molecule has 0 aromatic carbocycles. The van der Waals surface area contributed by atoms with Crippen LogP contribution >= 0.6 is 0 Å². The summed E-state index contributed by atoms with van der Waals surface area (Å²) >= 11 is 0. The van der Waals surface area contributed by atoms with Gasteiger partial charge in [0, 0.05) is 31.9 Å². The lowest BCUT2D eigenvalue weighted by molar-refractivity contribution is 0.306. The summed E-state index contributed by atoms with van der Waals surface area (Å²) in [4.78, 5) is 2.49. The highest BCUT2D eigenvalue weighted by Gasteiger charge is 2.11. The van der Waals surface area contributed by atoms with Crippen molar-refractivity contribution in [2.75, 3.05) is 26.2 Å². The predicted octanol–water partition coefficient (Wildman–Crippen LogP) is 2.07. The molecule has 1 heterocycles. The maximum atomic E-state index is 3.39. The molecule has 0 atom stereocenters. The highest BCUT2D eigenvalue weighted by atomic mass is 15.2. The van der Waals surface area contributed by atoms with E-state index in [1.807, 2.05) is 0 Å². The second-order valence-electron chi connectivity index (χ2n) is 4.23. The van der Waals surface area contributed by atoms with Crippen LogP contribution in [0.1, 0.15) is 19.8 Å². The Labute approximate surface area is 92.3 Å². The minimum atomic E-state index is 1.11. The van der Waals surface area contributed by atoms with Gasteiger partial charge >= 0.3 is 0 Å². The van der Waals surface area contributed by atoms with Crippen LogP contribution in [0.2, 0.25) is 0 Å². The summed E-state index contributed by atoms with van der Waals surface area (Å²) in [5.74, 6) is 0. The Morgan fingerprint density at radius 3 is 2.80 bits per heavy atom. The Balaban J connectivity index is 2.11. The monoisotopic (exact) mass is 204 g/mol. The first-order valence-corrected chi connectivity index (χ1v) is 5.87. The van der Waals surface area contributed by atoms with E-state index in [9.17, 15) is 0 Å². The number of nitrogens with one attached hydrogen (secondary N) is 1. The average Bonchev–Trinajstić information content (AvgIpc) is 2.24. The molecular formula is C13H20N2. The van der Waals surface area contributed by atoms with Crippen molar-refractivity contribution < 1.29 is 0 Å². The predicted molar refractivity (Wildman–Crippen MR) is 64.7 cm³/mol. The van der Waals surface area contributed by atoms with E-state index < -0.39 is 0 Å². The molecule has 0 aromatic heterocycles. The van der Waals surface area contributed by atoms with Crippen LogP contribution in [-0.2, 0) is 0 Å². The van der Waals surface area contributed by atoms with Crippen molar-refractivity contribution in [1.82, 2.24) is 10.2 Å². The van der Waals surface area contributed by atoms with Crippen molar-refractivity contribution in [3.63, 3.8) is 0 Å². The SMILES string of the molecule is CC1=C/C(N2CCNCC2)=C\CC/C=C\1. The molecule has 0 saturated carbocycles. The zero-order chi connectivity index (χ0) is 10.5. The summed E-state index contributed by atoms with van der Waals surface area (Å²) in [6, 6.07) is 0. The third-order valence-electron chi connectivity index (χ3n) is 2.93. The quantitative estimate of drug-likeness (QED) is 0.703. The van der Waals surface area contributed by atoms with Crippen LogP contribution in [0.3, 0.4) is 0 Å². The van der Waals surface area contributed by atoms with Gasteiger partial charge in [-0.25, -0.2) is 0 Å². The van der Waals surface area contributed by atoms with Gasteiger partial charge in [0.2, 0.25) is 0 Å². The number of allylic oxidation sites excluding steroid dienone is 5. The Morgan fingerprint density at radius 2 is 2.00 bits per heavy atom. The van der Waals surface area contributed by atoms with E-state index in [1.54, 1.807) is 0 Å². The van der Waals surface area contributed by atoms with Gasteiger partial charge in [-0.15, -0.1) is 0 Å². The summed E-state index contributed by atoms with van der Waals surface area (Å²) < 4.78 is 0. The van der Waals surface area contributed by atoms with Gasteiger partial charge in [-0.1, -0.05) is 18.2 Å². The van der Waals surface area contributed by atoms with E-state index in [0.29, 0.717) is 0 Å². The normalized spacial score (nSPS) is 31.9. The van der Waals surface area contributed by atoms with Gasteiger partial charge in [0.1, 0.15) is 0 Å². The van der Waals surface area contributed by atoms with Gasteiger partial charge in [-0.05, 0) is 31.4 Å². The molecule has 2 rings (SSSR count). The van der Waals surface area contributed by atoms with Gasteiger partial charge in [-0.2, -0.15) is 0 Å². The van der Waals surface area contributed by atoms with E-state index in [-0.39, 0.29) is 0 Å². The van der Waals surface area contributed by atoms with Gasteiger partial charge in [0.15, 0.2) is 0 Å². The summed E-state index contributed by atoms with van der Waals surface area (Å²) in [5, 5.41) is 3.39. The molecule has 0 amide bonds. The van der Waals surface area contributed by atoms with Crippen molar-refractivity contribution in [2.45, 2.75) is 19.8 Å². The molecule has 82 valence electrons. The van der Waals surface area contributed by atoms with Crippen LogP contribution in [-0.4, -0.2) is 31.1 Å². The molecule has 2 aliphatic rings. The van der Waals surface area contributed by atoms with Crippen LogP contribution in [0.5, 0.6) is 0 Å². The first kappa shape index (κ1) is 10.5. The van der Waals surface area contributed by atoms with Gasteiger partial charge in [-0.3, -0.25) is 0 Å². The van der Waals surface area contributed by atoms with Crippen molar-refractivity contribution >= 4 is 0 Å². The van der Waals surface area contributed by atoms with Gasteiger partial charge in [0.25, 0.3) is 0 Å². The van der Waals surface area contributed by atoms with Crippen molar-refractivity contribution in [3.05, 3.63) is 35.6 Å². The number of piperazine rings is 1. The lowest BCUT2D eigenvalue weighted by Crippen LogP contribution is -2.42. The van der Waals surface area contributed by atoms with Crippen LogP contribution in [0, 0.1) is 0 Å². The van der Waals surface area contributed by atoms with Crippen LogP contribution < -0.4 is 5.32 Å². The summed E-state index contributed by atoms with van der Waals surface area (Å²) in [6.07, 6.45) is 11.5. The zero-order valence-electron chi connectivity index (χ0n) is 9.50. The molecule has 2 nitrogen and oxygen atoms in total. The molecular weight excluding hydrogens is 184 g/mol. The number of nitrogens with zero attached hydrogens (tertiary/aromatic N) is 1. The van der Waals surface area contributed by atoms with Gasteiger partial charge < -0.3 is 10.2 Å². The Bertz CT molecular complexity index is 294. The minimum absolute atomic E-state index is 1.11. The van der Waals surface area contributed by atoms with E-state index in [0.717, 1.165) is 26.2 Å². The Kier molecular flexibility index (Phi) is 3.62. The number of hydrogen-bond donors (Lipinski definition) is 1. The lowest BCUT2D eigenvalue weighted by Gasteiger charge is -2.31. The molecule has 2 heteroatoms. The van der Waals surface area contributed by atoms with E-state index >= 15 is 0 Å². The maximum absolute atomic E-state index is 3.39. The molecule has 1 N–H and O–H groups in total. The molecule has 0 unspecified atom stereocenters. The second-order valence-corrected chi connectivity index (χ2v) is 4.23. The van der Waals surface area contributed by atoms with Crippen LogP contribution in [0.25, 0.3) is 0 Å². The molecule has 0 bridgehead atoms. The second kappa shape index (κ2) is 5.17. The third-order valence-corrected chi connectivity index (χ3v) is 2.93. The maximum Gasteiger partial charge on any atom is 0.0329 e. The summed E-state index contributed by atoms with van der Waals surface area (Å²) in [5.41, 5.74) is 2.78. The highest BCUT2D eigenvalue weighted by molar-refractivity contribution is 5.30. The molecule has 15 heavy (non-hydrogen) atoms. The first-order chi connectivity index (χ1) is 7.36. The summed E-state index contributed by atoms with van der Waals surface area (Å²) in [7, 11) is 0. The van der Waals surface area contributed by atoms with E-state index in [2.05, 4.69) is 41.4 Å². The van der Waals surface area contributed by atoms with Crippen molar-refractivity contribution in [1.29, 1.82) is 0 Å². The summed E-state index contributed by atoms with van der Waals surface area (Å²) in [6.45, 7) is 6.68.